The number of sulfonamides is 1. The third-order valence-electron chi connectivity index (χ3n) is 3.29. The van der Waals surface area contributed by atoms with E-state index in [1.165, 1.54) is 0 Å². The third-order valence-corrected chi connectivity index (χ3v) is 4.64. The smallest absolute Gasteiger partial charge is 0.264 e. The first-order chi connectivity index (χ1) is 10.0. The lowest BCUT2D eigenvalue weighted by Gasteiger charge is -2.26. The molecule has 116 valence electrons. The summed E-state index contributed by atoms with van der Waals surface area (Å²) in [4.78, 5) is 6.61. The number of nitrogens with zero attached hydrogens (tertiary/aromatic N) is 2. The minimum atomic E-state index is -3.57. The summed E-state index contributed by atoms with van der Waals surface area (Å²) >= 11 is 0. The van der Waals surface area contributed by atoms with Crippen molar-refractivity contribution in [1.82, 2.24) is 14.9 Å². The normalized spacial score (nSPS) is 16.2. The molecule has 1 aliphatic rings. The van der Waals surface area contributed by atoms with E-state index >= 15 is 0 Å². The molecular weight excluding hydrogens is 288 g/mol. The lowest BCUT2D eigenvalue weighted by Crippen LogP contribution is -2.50. The van der Waals surface area contributed by atoms with E-state index in [-0.39, 0.29) is 4.90 Å². The summed E-state index contributed by atoms with van der Waals surface area (Å²) in [6.07, 6.45) is 2.24. The van der Waals surface area contributed by atoms with Gasteiger partial charge in [-0.3, -0.25) is 4.90 Å². The molecule has 0 bridgehead atoms. The molecule has 0 aromatic heterocycles. The molecular formula is C14H22N4O2S. The lowest BCUT2D eigenvalue weighted by molar-refractivity contribution is 0.259. The van der Waals surface area contributed by atoms with Gasteiger partial charge in [0.15, 0.2) is 0 Å². The van der Waals surface area contributed by atoms with E-state index < -0.39 is 10.0 Å². The molecule has 7 heteroatoms. The van der Waals surface area contributed by atoms with Gasteiger partial charge in [0.1, 0.15) is 0 Å². The van der Waals surface area contributed by atoms with E-state index in [1.807, 2.05) is 6.92 Å². The zero-order chi connectivity index (χ0) is 15.3. The van der Waals surface area contributed by atoms with Gasteiger partial charge >= 0.3 is 0 Å². The van der Waals surface area contributed by atoms with Crippen LogP contribution in [0.1, 0.15) is 25.3 Å². The van der Waals surface area contributed by atoms with Gasteiger partial charge in [-0.05, 0) is 25.5 Å². The number of rotatable bonds is 5. The van der Waals surface area contributed by atoms with E-state index in [0.717, 1.165) is 24.9 Å². The Balaban J connectivity index is 1.98. The molecule has 0 aliphatic carbocycles. The fourth-order valence-electron chi connectivity index (χ4n) is 1.97. The van der Waals surface area contributed by atoms with Crippen LogP contribution in [0.3, 0.4) is 0 Å². The molecule has 6 nitrogen and oxygen atoms in total. The summed E-state index contributed by atoms with van der Waals surface area (Å²) in [5.41, 5.74) is 1.02. The van der Waals surface area contributed by atoms with Crippen LogP contribution in [-0.2, 0) is 10.0 Å². The van der Waals surface area contributed by atoms with E-state index in [2.05, 4.69) is 26.9 Å². The van der Waals surface area contributed by atoms with Gasteiger partial charge in [-0.15, -0.1) is 0 Å². The van der Waals surface area contributed by atoms with Gasteiger partial charge < -0.3 is 5.32 Å². The Bertz CT molecular complexity index is 596. The molecule has 2 rings (SSSR count). The molecule has 1 heterocycles. The van der Waals surface area contributed by atoms with Crippen LogP contribution in [0.4, 0.5) is 0 Å². The van der Waals surface area contributed by atoms with Gasteiger partial charge in [-0.25, -0.2) is 18.1 Å². The van der Waals surface area contributed by atoms with E-state index in [1.54, 1.807) is 24.3 Å². The number of guanidine groups is 1. The predicted molar refractivity (Wildman–Crippen MR) is 83.4 cm³/mol. The van der Waals surface area contributed by atoms with Crippen LogP contribution in [0.15, 0.2) is 34.2 Å². The molecule has 0 saturated carbocycles. The van der Waals surface area contributed by atoms with Crippen molar-refractivity contribution in [2.45, 2.75) is 31.6 Å². The Morgan fingerprint density at radius 3 is 2.62 bits per heavy atom. The molecule has 0 saturated heterocycles. The standard InChI is InChI=1S/C14H22N4O2S/c1-3-4-9-18-10-15-14(16-11-18)17-21(19,20)13-7-5-12(2)6-8-13/h5-8H,3-4,9-11H2,1-2H3,(H2,15,16,17). The maximum absolute atomic E-state index is 12.2. The second-order valence-corrected chi connectivity index (χ2v) is 6.83. The van der Waals surface area contributed by atoms with E-state index in [4.69, 9.17) is 0 Å². The average Bonchev–Trinajstić information content (AvgIpc) is 2.47. The zero-order valence-electron chi connectivity index (χ0n) is 12.5. The predicted octanol–water partition coefficient (Wildman–Crippen LogP) is 1.25. The van der Waals surface area contributed by atoms with Crippen molar-refractivity contribution in [1.29, 1.82) is 0 Å². The van der Waals surface area contributed by atoms with Gasteiger partial charge in [-0.1, -0.05) is 31.0 Å². The Hall–Kier alpha value is -1.60. The second-order valence-electron chi connectivity index (χ2n) is 5.15. The van der Waals surface area contributed by atoms with Gasteiger partial charge in [0.25, 0.3) is 10.0 Å². The van der Waals surface area contributed by atoms with Crippen molar-refractivity contribution >= 4 is 16.0 Å². The van der Waals surface area contributed by atoms with Crippen LogP contribution in [-0.4, -0.2) is 39.2 Å². The molecule has 0 unspecified atom stereocenters. The topological polar surface area (TPSA) is 73.8 Å². The summed E-state index contributed by atoms with van der Waals surface area (Å²) in [6.45, 7) is 6.14. The molecule has 0 radical (unpaired) electrons. The number of hydrogen-bond acceptors (Lipinski definition) is 5. The first-order valence-corrected chi connectivity index (χ1v) is 8.60. The Kier molecular flexibility index (Phi) is 5.19. The Morgan fingerprint density at radius 2 is 2.05 bits per heavy atom. The minimum absolute atomic E-state index is 0.242. The van der Waals surface area contributed by atoms with Gasteiger partial charge in [-0.2, -0.15) is 0 Å². The number of unbranched alkanes of at least 4 members (excludes halogenated alkanes) is 1. The van der Waals surface area contributed by atoms with Crippen molar-refractivity contribution in [2.75, 3.05) is 19.9 Å². The largest absolute Gasteiger partial charge is 0.343 e. The highest BCUT2D eigenvalue weighted by Crippen LogP contribution is 2.10. The summed E-state index contributed by atoms with van der Waals surface area (Å²) < 4.78 is 26.9. The number of hydrogen-bond donors (Lipinski definition) is 2. The quantitative estimate of drug-likeness (QED) is 0.858. The Morgan fingerprint density at radius 1 is 1.33 bits per heavy atom. The van der Waals surface area contributed by atoms with Gasteiger partial charge in [0, 0.05) is 6.54 Å². The SMILES string of the molecule is CCCCN1CN=C(NS(=O)(=O)c2ccc(C)cc2)NC1. The summed E-state index contributed by atoms with van der Waals surface area (Å²) in [7, 11) is -3.57. The van der Waals surface area contributed by atoms with Crippen molar-refractivity contribution < 1.29 is 8.42 Å². The molecule has 1 aromatic carbocycles. The highest BCUT2D eigenvalue weighted by atomic mass is 32.2. The van der Waals surface area contributed by atoms with Crippen LogP contribution < -0.4 is 10.0 Å². The van der Waals surface area contributed by atoms with Crippen LogP contribution >= 0.6 is 0 Å². The van der Waals surface area contributed by atoms with E-state index in [0.29, 0.717) is 19.3 Å². The third kappa shape index (κ3) is 4.44. The molecule has 1 aromatic rings. The lowest BCUT2D eigenvalue weighted by atomic mass is 10.2. The number of benzene rings is 1. The van der Waals surface area contributed by atoms with Crippen molar-refractivity contribution in [3.63, 3.8) is 0 Å². The molecule has 0 spiro atoms. The average molecular weight is 310 g/mol. The Labute approximate surface area is 126 Å². The molecule has 0 atom stereocenters. The highest BCUT2D eigenvalue weighted by Gasteiger charge is 2.18. The van der Waals surface area contributed by atoms with Gasteiger partial charge in [0.05, 0.1) is 18.2 Å². The fraction of sp³-hybridized carbons (Fsp3) is 0.500. The van der Waals surface area contributed by atoms with Crippen LogP contribution in [0.2, 0.25) is 0 Å². The monoisotopic (exact) mass is 310 g/mol. The second kappa shape index (κ2) is 6.91. The number of nitrogens with one attached hydrogen (secondary N) is 2. The van der Waals surface area contributed by atoms with Crippen molar-refractivity contribution in [3.05, 3.63) is 29.8 Å². The number of aryl methyl sites for hydroxylation is 1. The molecule has 0 amide bonds. The summed E-state index contributed by atoms with van der Waals surface area (Å²) in [6, 6.07) is 6.73. The summed E-state index contributed by atoms with van der Waals surface area (Å²) in [5, 5.41) is 3.00. The first-order valence-electron chi connectivity index (χ1n) is 7.11. The maximum atomic E-state index is 12.2. The summed E-state index contributed by atoms with van der Waals surface area (Å²) in [5.74, 6) is 0.309. The van der Waals surface area contributed by atoms with Crippen molar-refractivity contribution in [3.8, 4) is 0 Å². The zero-order valence-corrected chi connectivity index (χ0v) is 13.3. The van der Waals surface area contributed by atoms with E-state index in [9.17, 15) is 8.42 Å². The van der Waals surface area contributed by atoms with Crippen molar-refractivity contribution in [2.24, 2.45) is 4.99 Å². The minimum Gasteiger partial charge on any atom is -0.343 e. The molecule has 2 N–H and O–H groups in total. The van der Waals surface area contributed by atoms with Crippen LogP contribution in [0.25, 0.3) is 0 Å². The number of aliphatic imine (C=N–C) groups is 1. The fourth-order valence-corrected chi connectivity index (χ4v) is 2.97. The first kappa shape index (κ1) is 15.8. The van der Waals surface area contributed by atoms with Crippen LogP contribution in [0, 0.1) is 6.92 Å². The molecule has 21 heavy (non-hydrogen) atoms. The highest BCUT2D eigenvalue weighted by molar-refractivity contribution is 7.90. The van der Waals surface area contributed by atoms with Crippen LogP contribution in [0.5, 0.6) is 0 Å². The van der Waals surface area contributed by atoms with Gasteiger partial charge in [0.2, 0.25) is 5.96 Å². The molecule has 1 aliphatic heterocycles. The maximum Gasteiger partial charge on any atom is 0.264 e. The molecule has 0 fully saturated rings.